The van der Waals surface area contributed by atoms with E-state index in [-0.39, 0.29) is 62.3 Å². The molecule has 0 radical (unpaired) electrons. The number of alkyl carbamates (subject to hydrolysis) is 2. The van der Waals surface area contributed by atoms with E-state index in [0.717, 1.165) is 12.7 Å². The van der Waals surface area contributed by atoms with Crippen LogP contribution < -0.4 is 38.1 Å². The quantitative estimate of drug-likeness (QED) is 0.0361. The molecule has 18 nitrogen and oxygen atoms in total. The SMILES string of the molecule is COC(=O)N[C@@H](CCCCNC(=O)OCc1ccccc1)C(=O)NCC(=O)N[C@@H](CCCN=C(N)N)C(=O)Nc1ccc([N+](=O)[O-])cc1.Cl. The summed E-state index contributed by atoms with van der Waals surface area (Å²) in [6, 6.07) is 12.2. The number of nitro benzene ring substituents is 1. The summed E-state index contributed by atoms with van der Waals surface area (Å²) < 4.78 is 9.75. The molecule has 2 rings (SSSR count). The van der Waals surface area contributed by atoms with Crippen LogP contribution in [-0.4, -0.2) is 79.6 Å². The first-order chi connectivity index (χ1) is 23.0. The second kappa shape index (κ2) is 22.8. The van der Waals surface area contributed by atoms with Gasteiger partial charge in [-0.05, 0) is 49.8 Å². The van der Waals surface area contributed by atoms with Crippen molar-refractivity contribution in [3.05, 3.63) is 70.3 Å². The zero-order valence-electron chi connectivity index (χ0n) is 26.8. The molecule has 49 heavy (non-hydrogen) atoms. The molecule has 0 bridgehead atoms. The number of hydrogen-bond donors (Lipinski definition) is 7. The van der Waals surface area contributed by atoms with Gasteiger partial charge in [-0.25, -0.2) is 9.59 Å². The number of halogens is 1. The van der Waals surface area contributed by atoms with Gasteiger partial charge in [-0.2, -0.15) is 0 Å². The number of nitrogens with one attached hydrogen (secondary N) is 5. The lowest BCUT2D eigenvalue weighted by Gasteiger charge is -2.20. The number of methoxy groups -OCH3 is 1. The maximum Gasteiger partial charge on any atom is 0.407 e. The lowest BCUT2D eigenvalue weighted by Crippen LogP contribution is -2.51. The minimum absolute atomic E-state index is 0. The predicted molar refractivity (Wildman–Crippen MR) is 182 cm³/mol. The van der Waals surface area contributed by atoms with Crippen LogP contribution in [0.2, 0.25) is 0 Å². The van der Waals surface area contributed by atoms with Gasteiger partial charge in [0.15, 0.2) is 5.96 Å². The molecule has 0 aliphatic heterocycles. The van der Waals surface area contributed by atoms with Gasteiger partial charge >= 0.3 is 12.2 Å². The molecule has 0 aliphatic rings. The highest BCUT2D eigenvalue weighted by Crippen LogP contribution is 2.16. The number of nitro groups is 1. The van der Waals surface area contributed by atoms with Gasteiger partial charge in [0, 0.05) is 30.9 Å². The zero-order valence-corrected chi connectivity index (χ0v) is 27.7. The first-order valence-electron chi connectivity index (χ1n) is 14.9. The van der Waals surface area contributed by atoms with E-state index in [1.807, 2.05) is 30.3 Å². The number of carbonyl (C=O) groups is 5. The number of hydrogen-bond acceptors (Lipinski definition) is 10. The number of nitrogens with zero attached hydrogens (tertiary/aromatic N) is 2. The number of rotatable bonds is 19. The molecule has 0 fully saturated rings. The number of non-ortho nitro benzene ring substituents is 1. The number of ether oxygens (including phenoxy) is 2. The third-order valence-electron chi connectivity index (χ3n) is 6.56. The van der Waals surface area contributed by atoms with Crippen LogP contribution in [0.1, 0.15) is 37.7 Å². The maximum atomic E-state index is 13.0. The Bertz CT molecular complexity index is 1410. The maximum absolute atomic E-state index is 13.0. The van der Waals surface area contributed by atoms with Crippen LogP contribution in [-0.2, 0) is 30.5 Å². The summed E-state index contributed by atoms with van der Waals surface area (Å²) in [4.78, 5) is 76.6. The molecule has 0 saturated carbocycles. The van der Waals surface area contributed by atoms with Gasteiger partial charge in [0.05, 0.1) is 18.6 Å². The van der Waals surface area contributed by atoms with Gasteiger partial charge in [0.25, 0.3) is 5.69 Å². The molecule has 19 heteroatoms. The van der Waals surface area contributed by atoms with Crippen molar-refractivity contribution in [1.29, 1.82) is 0 Å². The molecule has 0 saturated heterocycles. The Morgan fingerprint density at radius 2 is 1.51 bits per heavy atom. The van der Waals surface area contributed by atoms with Crippen LogP contribution in [0, 0.1) is 10.1 Å². The summed E-state index contributed by atoms with van der Waals surface area (Å²) in [5.74, 6) is -2.13. The van der Waals surface area contributed by atoms with Crippen molar-refractivity contribution < 1.29 is 38.4 Å². The van der Waals surface area contributed by atoms with Gasteiger partial charge in [0.2, 0.25) is 17.7 Å². The molecule has 0 heterocycles. The number of benzene rings is 2. The molecule has 0 aliphatic carbocycles. The van der Waals surface area contributed by atoms with Crippen molar-refractivity contribution in [1.82, 2.24) is 21.3 Å². The first kappa shape index (κ1) is 41.4. The van der Waals surface area contributed by atoms with E-state index in [0.29, 0.717) is 19.3 Å². The average molecular weight is 708 g/mol. The van der Waals surface area contributed by atoms with Crippen LogP contribution in [0.5, 0.6) is 0 Å². The van der Waals surface area contributed by atoms with Crippen LogP contribution in [0.25, 0.3) is 0 Å². The highest BCUT2D eigenvalue weighted by atomic mass is 35.5. The summed E-state index contributed by atoms with van der Waals surface area (Å²) in [7, 11) is 1.14. The van der Waals surface area contributed by atoms with E-state index in [4.69, 9.17) is 16.2 Å². The monoisotopic (exact) mass is 707 g/mol. The second-order valence-electron chi connectivity index (χ2n) is 10.3. The number of guanidine groups is 1. The van der Waals surface area contributed by atoms with E-state index in [9.17, 15) is 34.1 Å². The Morgan fingerprint density at radius 1 is 0.857 bits per heavy atom. The zero-order chi connectivity index (χ0) is 35.3. The van der Waals surface area contributed by atoms with Crippen LogP contribution in [0.3, 0.4) is 0 Å². The number of carbonyl (C=O) groups excluding carboxylic acids is 5. The Hall–Kier alpha value is -5.65. The Labute approximate surface area is 288 Å². The van der Waals surface area contributed by atoms with E-state index in [1.54, 1.807) is 0 Å². The molecule has 0 spiro atoms. The van der Waals surface area contributed by atoms with Crippen LogP contribution >= 0.6 is 12.4 Å². The largest absolute Gasteiger partial charge is 0.453 e. The van der Waals surface area contributed by atoms with E-state index < -0.39 is 53.5 Å². The summed E-state index contributed by atoms with van der Waals surface area (Å²) in [6.45, 7) is 0.0353. The minimum atomic E-state index is -1.07. The fourth-order valence-electron chi connectivity index (χ4n) is 4.11. The second-order valence-corrected chi connectivity index (χ2v) is 10.3. The summed E-state index contributed by atoms with van der Waals surface area (Å²) in [5.41, 5.74) is 11.6. The van der Waals surface area contributed by atoms with E-state index in [1.165, 1.54) is 24.3 Å². The van der Waals surface area contributed by atoms with E-state index >= 15 is 0 Å². The number of anilines is 1. The standard InChI is InChI=1S/C30H41N9O9.ClH/c1-47-30(44)38-23(10-5-6-16-34-29(43)48-19-20-8-3-2-4-9-20)26(41)35-18-25(40)37-24(11-7-17-33-28(31)32)27(42)36-21-12-14-22(15-13-21)39(45)46;/h2-4,8-9,12-15,23-24H,5-7,10-11,16-19H2,1H3,(H,34,43)(H,35,41)(H,36,42)(H,37,40)(H,38,44)(H4,31,32,33);1H/t23-,24-;/m0./s1. The van der Waals surface area contributed by atoms with Crippen LogP contribution in [0.4, 0.5) is 21.0 Å². The molecule has 0 aromatic heterocycles. The third-order valence-corrected chi connectivity index (χ3v) is 6.56. The third kappa shape index (κ3) is 17.2. The summed E-state index contributed by atoms with van der Waals surface area (Å²) in [5, 5.41) is 23.5. The number of unbranched alkanes of at least 4 members (excludes halogenated alkanes) is 1. The van der Waals surface area contributed by atoms with Crippen molar-refractivity contribution >= 4 is 59.6 Å². The van der Waals surface area contributed by atoms with Gasteiger partial charge in [-0.3, -0.25) is 29.5 Å². The average Bonchev–Trinajstić information content (AvgIpc) is 3.07. The number of aliphatic imine (C=N–C) groups is 1. The number of nitrogens with two attached hydrogens (primary N) is 2. The molecular weight excluding hydrogens is 666 g/mol. The van der Waals surface area contributed by atoms with Gasteiger partial charge in [-0.15, -0.1) is 12.4 Å². The van der Waals surface area contributed by atoms with Crippen molar-refractivity contribution in [2.24, 2.45) is 16.5 Å². The molecule has 5 amide bonds. The molecular formula is C30H42ClN9O9. The van der Waals surface area contributed by atoms with E-state index in [2.05, 4.69) is 36.3 Å². The highest BCUT2D eigenvalue weighted by molar-refractivity contribution is 5.98. The molecule has 268 valence electrons. The van der Waals surface area contributed by atoms with Crippen molar-refractivity contribution in [3.8, 4) is 0 Å². The first-order valence-corrected chi connectivity index (χ1v) is 14.9. The van der Waals surface area contributed by atoms with Crippen LogP contribution in [0.15, 0.2) is 59.6 Å². The predicted octanol–water partition coefficient (Wildman–Crippen LogP) is 1.43. The summed E-state index contributed by atoms with van der Waals surface area (Å²) >= 11 is 0. The topological polar surface area (TPSA) is 272 Å². The molecule has 2 aromatic carbocycles. The minimum Gasteiger partial charge on any atom is -0.453 e. The van der Waals surface area contributed by atoms with Crippen molar-refractivity contribution in [2.75, 3.05) is 32.1 Å². The highest BCUT2D eigenvalue weighted by Gasteiger charge is 2.24. The molecule has 2 aromatic rings. The molecule has 0 unspecified atom stereocenters. The Kier molecular flexibility index (Phi) is 19.3. The number of amides is 5. The van der Waals surface area contributed by atoms with Gasteiger partial charge < -0.3 is 47.5 Å². The fraction of sp³-hybridized carbons (Fsp3) is 0.400. The Balaban J connectivity index is 0.0000120. The summed E-state index contributed by atoms with van der Waals surface area (Å²) in [6.07, 6.45) is 0.0126. The van der Waals surface area contributed by atoms with Crippen molar-refractivity contribution in [2.45, 2.75) is 50.8 Å². The van der Waals surface area contributed by atoms with Gasteiger partial charge in [0.1, 0.15) is 18.7 Å². The smallest absolute Gasteiger partial charge is 0.407 e. The van der Waals surface area contributed by atoms with Gasteiger partial charge in [-0.1, -0.05) is 30.3 Å². The lowest BCUT2D eigenvalue weighted by atomic mass is 10.1. The molecule has 2 atom stereocenters. The lowest BCUT2D eigenvalue weighted by molar-refractivity contribution is -0.384. The Morgan fingerprint density at radius 3 is 2.14 bits per heavy atom. The fourth-order valence-corrected chi connectivity index (χ4v) is 4.11. The molecule has 9 N–H and O–H groups in total. The normalized spacial score (nSPS) is 11.3. The van der Waals surface area contributed by atoms with Crippen molar-refractivity contribution in [3.63, 3.8) is 0 Å².